The molecule has 1 aromatic heterocycles. The highest BCUT2D eigenvalue weighted by Gasteiger charge is 2.30. The molecule has 1 atom stereocenters. The number of carbonyl (C=O) groups is 1. The summed E-state index contributed by atoms with van der Waals surface area (Å²) < 4.78 is 7.34. The Balaban J connectivity index is 1.83. The highest BCUT2D eigenvalue weighted by atomic mass is 35.5. The summed E-state index contributed by atoms with van der Waals surface area (Å²) in [6, 6.07) is 7.04. The minimum absolute atomic E-state index is 0.173. The van der Waals surface area contributed by atoms with E-state index in [0.717, 1.165) is 25.0 Å². The average molecular weight is 350 g/mol. The van der Waals surface area contributed by atoms with Crippen LogP contribution in [0.4, 0.5) is 0 Å². The fourth-order valence-corrected chi connectivity index (χ4v) is 2.55. The Morgan fingerprint density at radius 1 is 1.25 bits per heavy atom. The van der Waals surface area contributed by atoms with E-state index in [-0.39, 0.29) is 11.8 Å². The number of hydrogen-bond acceptors (Lipinski definition) is 4. The number of ether oxygens (including phenoxy) is 1. The molecule has 0 saturated heterocycles. The fourth-order valence-electron chi connectivity index (χ4n) is 2.42. The maximum atomic E-state index is 12.6. The second-order valence-corrected chi connectivity index (χ2v) is 7.24. The molecule has 24 heavy (non-hydrogen) atoms. The molecule has 5 nitrogen and oxygen atoms in total. The number of aromatic nitrogens is 3. The van der Waals surface area contributed by atoms with E-state index >= 15 is 0 Å². The number of Topliss-reactive ketones (excluding diaryl/α,β-unsaturated/α-hetero) is 1. The molecule has 1 aromatic carbocycles. The zero-order valence-corrected chi connectivity index (χ0v) is 15.2. The van der Waals surface area contributed by atoms with Crippen LogP contribution in [-0.4, -0.2) is 27.2 Å². The van der Waals surface area contributed by atoms with E-state index < -0.39 is 5.41 Å². The van der Waals surface area contributed by atoms with E-state index in [4.69, 9.17) is 16.3 Å². The van der Waals surface area contributed by atoms with Crippen LogP contribution in [0, 0.1) is 5.41 Å². The molecular weight excluding hydrogens is 326 g/mol. The molecule has 0 saturated carbocycles. The van der Waals surface area contributed by atoms with Gasteiger partial charge in [-0.05, 0) is 43.5 Å². The van der Waals surface area contributed by atoms with Crippen molar-refractivity contribution in [2.45, 2.75) is 46.1 Å². The predicted molar refractivity (Wildman–Crippen MR) is 94.3 cm³/mol. The average Bonchev–Trinajstić information content (AvgIpc) is 3.05. The van der Waals surface area contributed by atoms with Crippen molar-refractivity contribution in [1.29, 1.82) is 0 Å². The summed E-state index contributed by atoms with van der Waals surface area (Å²) in [5.74, 6) is 0.976. The van der Waals surface area contributed by atoms with Crippen molar-refractivity contribution in [2.24, 2.45) is 5.41 Å². The smallest absolute Gasteiger partial charge is 0.162 e. The van der Waals surface area contributed by atoms with Gasteiger partial charge in [0, 0.05) is 10.4 Å². The summed E-state index contributed by atoms with van der Waals surface area (Å²) in [6.45, 7) is 6.41. The van der Waals surface area contributed by atoms with E-state index in [1.54, 1.807) is 23.1 Å². The van der Waals surface area contributed by atoms with Gasteiger partial charge in [0.05, 0.1) is 6.61 Å². The van der Waals surface area contributed by atoms with Crippen LogP contribution in [0.3, 0.4) is 0 Å². The van der Waals surface area contributed by atoms with Crippen LogP contribution in [0.1, 0.15) is 46.1 Å². The number of ketones is 1. The third-order valence-corrected chi connectivity index (χ3v) is 4.00. The molecule has 0 fully saturated rings. The van der Waals surface area contributed by atoms with Crippen LogP contribution in [-0.2, 0) is 4.79 Å². The maximum Gasteiger partial charge on any atom is 0.162 e. The Bertz CT molecular complexity index is 633. The zero-order chi connectivity index (χ0) is 17.6. The lowest BCUT2D eigenvalue weighted by Crippen LogP contribution is -2.31. The molecule has 6 heteroatoms. The lowest BCUT2D eigenvalue weighted by molar-refractivity contribution is -0.130. The Morgan fingerprint density at radius 2 is 1.96 bits per heavy atom. The van der Waals surface area contributed by atoms with Crippen molar-refractivity contribution >= 4 is 17.4 Å². The van der Waals surface area contributed by atoms with Gasteiger partial charge in [-0.25, -0.2) is 9.67 Å². The van der Waals surface area contributed by atoms with Gasteiger partial charge in [0.1, 0.15) is 24.4 Å². The second kappa shape index (κ2) is 8.29. The van der Waals surface area contributed by atoms with Crippen molar-refractivity contribution in [3.8, 4) is 5.75 Å². The molecule has 2 rings (SSSR count). The Labute approximate surface area is 148 Å². The number of nitrogens with zero attached hydrogens (tertiary/aromatic N) is 3. The number of halogens is 1. The van der Waals surface area contributed by atoms with Gasteiger partial charge >= 0.3 is 0 Å². The molecule has 0 bridgehead atoms. The van der Waals surface area contributed by atoms with Crippen molar-refractivity contribution in [1.82, 2.24) is 14.8 Å². The first-order valence-corrected chi connectivity index (χ1v) is 8.52. The van der Waals surface area contributed by atoms with E-state index in [1.165, 1.54) is 6.33 Å². The topological polar surface area (TPSA) is 57.0 Å². The number of benzene rings is 1. The number of unbranched alkanes of at least 4 members (excludes halogenated alkanes) is 1. The van der Waals surface area contributed by atoms with Crippen LogP contribution in [0.2, 0.25) is 5.02 Å². The molecule has 130 valence electrons. The summed E-state index contributed by atoms with van der Waals surface area (Å²) >= 11 is 5.84. The van der Waals surface area contributed by atoms with E-state index in [0.29, 0.717) is 11.6 Å². The first-order valence-electron chi connectivity index (χ1n) is 8.15. The Kier molecular flexibility index (Phi) is 6.37. The van der Waals surface area contributed by atoms with Crippen LogP contribution in [0.5, 0.6) is 5.75 Å². The van der Waals surface area contributed by atoms with Gasteiger partial charge < -0.3 is 4.74 Å². The van der Waals surface area contributed by atoms with Gasteiger partial charge in [0.2, 0.25) is 0 Å². The molecule has 0 aliphatic heterocycles. The molecule has 0 aliphatic rings. The van der Waals surface area contributed by atoms with Crippen molar-refractivity contribution in [3.05, 3.63) is 41.9 Å². The minimum atomic E-state index is -0.406. The summed E-state index contributed by atoms with van der Waals surface area (Å²) in [5.41, 5.74) is -0.406. The summed E-state index contributed by atoms with van der Waals surface area (Å²) in [7, 11) is 0. The van der Waals surface area contributed by atoms with E-state index in [2.05, 4.69) is 10.1 Å². The van der Waals surface area contributed by atoms with Gasteiger partial charge in [0.25, 0.3) is 0 Å². The van der Waals surface area contributed by atoms with Gasteiger partial charge in [-0.2, -0.15) is 5.10 Å². The first kappa shape index (κ1) is 18.5. The normalized spacial score (nSPS) is 12.8. The number of carbonyl (C=O) groups excluding carboxylic acids is 1. The quantitative estimate of drug-likeness (QED) is 0.665. The van der Waals surface area contributed by atoms with Crippen LogP contribution < -0.4 is 4.74 Å². The Hall–Kier alpha value is -1.88. The van der Waals surface area contributed by atoms with Crippen molar-refractivity contribution < 1.29 is 9.53 Å². The Morgan fingerprint density at radius 3 is 2.54 bits per heavy atom. The minimum Gasteiger partial charge on any atom is -0.494 e. The highest BCUT2D eigenvalue weighted by molar-refractivity contribution is 6.30. The van der Waals surface area contributed by atoms with Crippen molar-refractivity contribution in [3.63, 3.8) is 0 Å². The van der Waals surface area contributed by atoms with Crippen LogP contribution >= 0.6 is 11.6 Å². The zero-order valence-electron chi connectivity index (χ0n) is 14.4. The highest BCUT2D eigenvalue weighted by Crippen LogP contribution is 2.26. The second-order valence-electron chi connectivity index (χ2n) is 6.80. The summed E-state index contributed by atoms with van der Waals surface area (Å²) in [6.07, 6.45) is 5.54. The van der Waals surface area contributed by atoms with Crippen LogP contribution in [0.25, 0.3) is 0 Å². The molecule has 0 spiro atoms. The molecule has 1 heterocycles. The standard InChI is InChI=1S/C18H24ClN3O2/c1-18(2,3)17(23)16(22-13-20-12-21-22)6-4-5-11-24-15-9-7-14(19)8-10-15/h7-10,12-13,16H,4-6,11H2,1-3H3. The summed E-state index contributed by atoms with van der Waals surface area (Å²) in [5, 5.41) is 4.84. The molecule has 0 aliphatic carbocycles. The first-order chi connectivity index (χ1) is 11.4. The number of hydrogen-bond donors (Lipinski definition) is 0. The third kappa shape index (κ3) is 5.34. The lowest BCUT2D eigenvalue weighted by atomic mass is 9.85. The van der Waals surface area contributed by atoms with Gasteiger partial charge in [-0.3, -0.25) is 4.79 Å². The summed E-state index contributed by atoms with van der Waals surface area (Å²) in [4.78, 5) is 16.6. The molecule has 1 unspecified atom stereocenters. The number of rotatable bonds is 8. The largest absolute Gasteiger partial charge is 0.494 e. The molecule has 0 amide bonds. The monoisotopic (exact) mass is 349 g/mol. The lowest BCUT2D eigenvalue weighted by Gasteiger charge is -2.24. The molecular formula is C18H24ClN3O2. The fraction of sp³-hybridized carbons (Fsp3) is 0.500. The van der Waals surface area contributed by atoms with E-state index in [1.807, 2.05) is 32.9 Å². The molecule has 0 N–H and O–H groups in total. The van der Waals surface area contributed by atoms with Gasteiger partial charge in [0.15, 0.2) is 5.78 Å². The molecule has 0 radical (unpaired) electrons. The molecule has 2 aromatic rings. The third-order valence-electron chi connectivity index (χ3n) is 3.75. The van der Waals surface area contributed by atoms with Crippen LogP contribution in [0.15, 0.2) is 36.9 Å². The van der Waals surface area contributed by atoms with Gasteiger partial charge in [-0.15, -0.1) is 0 Å². The SMILES string of the molecule is CC(C)(C)C(=O)C(CCCCOc1ccc(Cl)cc1)n1cncn1. The van der Waals surface area contributed by atoms with E-state index in [9.17, 15) is 4.79 Å². The maximum absolute atomic E-state index is 12.6. The van der Waals surface area contributed by atoms with Crippen molar-refractivity contribution in [2.75, 3.05) is 6.61 Å². The van der Waals surface area contributed by atoms with Gasteiger partial charge in [-0.1, -0.05) is 32.4 Å². The predicted octanol–water partition coefficient (Wildman–Crippen LogP) is 4.34.